The third-order valence-corrected chi connectivity index (χ3v) is 5.80. The lowest BCUT2D eigenvalue weighted by atomic mass is 9.81. The van der Waals surface area contributed by atoms with E-state index < -0.39 is 11.4 Å². The molecule has 142 valence electrons. The second kappa shape index (κ2) is 6.16. The normalized spacial score (nSPS) is 25.1. The van der Waals surface area contributed by atoms with E-state index in [0.29, 0.717) is 37.5 Å². The largest absolute Gasteiger partial charge is 0.481 e. The second-order valence-corrected chi connectivity index (χ2v) is 7.75. The molecule has 8 nitrogen and oxygen atoms in total. The molecule has 1 amide bonds. The summed E-state index contributed by atoms with van der Waals surface area (Å²) in [6.45, 7) is 5.44. The van der Waals surface area contributed by atoms with Crippen molar-refractivity contribution < 1.29 is 14.7 Å². The number of pyridine rings is 1. The third-order valence-electron chi connectivity index (χ3n) is 5.80. The van der Waals surface area contributed by atoms with Gasteiger partial charge in [-0.15, -0.1) is 0 Å². The predicted octanol–water partition coefficient (Wildman–Crippen LogP) is 0.368. The van der Waals surface area contributed by atoms with E-state index in [1.54, 1.807) is 11.1 Å². The number of rotatable bonds is 3. The molecule has 4 heterocycles. The molecule has 2 fully saturated rings. The first-order valence-corrected chi connectivity index (χ1v) is 8.99. The molecule has 0 aliphatic carbocycles. The molecule has 2 aliphatic rings. The monoisotopic (exact) mass is 370 g/mol. The Hall–Kier alpha value is -2.74. The van der Waals surface area contributed by atoms with E-state index in [4.69, 9.17) is 0 Å². The molecule has 2 saturated heterocycles. The maximum atomic E-state index is 12.4. The summed E-state index contributed by atoms with van der Waals surface area (Å²) < 4.78 is 1.51. The summed E-state index contributed by atoms with van der Waals surface area (Å²) in [6, 6.07) is 5.22. The second-order valence-electron chi connectivity index (χ2n) is 7.75. The van der Waals surface area contributed by atoms with Crippen LogP contribution in [0.4, 0.5) is 0 Å². The van der Waals surface area contributed by atoms with Crippen molar-refractivity contribution in [2.75, 3.05) is 26.2 Å². The molecule has 2 aromatic heterocycles. The Labute approximate surface area is 156 Å². The smallest absolute Gasteiger partial charge is 0.313 e. The lowest BCUT2D eigenvalue weighted by Crippen LogP contribution is -2.41. The van der Waals surface area contributed by atoms with Crippen molar-refractivity contribution in [2.24, 2.45) is 11.3 Å². The molecule has 0 unspecified atom stereocenters. The molecule has 0 aromatic carbocycles. The average Bonchev–Trinajstić information content (AvgIpc) is 3.11. The fraction of sp³-hybridized carbons (Fsp3) is 0.474. The number of carboxylic acids is 1. The van der Waals surface area contributed by atoms with Crippen LogP contribution < -0.4 is 5.56 Å². The SMILES string of the molecule is CC(=O)N1C[C@H]2CN(Cc3cc(=O)n4cc(C)ccc4n3)C[C@@]2(C(=O)O)C1. The highest BCUT2D eigenvalue weighted by Gasteiger charge is 2.58. The third kappa shape index (κ3) is 2.90. The van der Waals surface area contributed by atoms with Gasteiger partial charge in [-0.1, -0.05) is 6.07 Å². The molecule has 4 rings (SSSR count). The highest BCUT2D eigenvalue weighted by Crippen LogP contribution is 2.43. The first-order chi connectivity index (χ1) is 12.8. The molecule has 0 radical (unpaired) electrons. The lowest BCUT2D eigenvalue weighted by molar-refractivity contribution is -0.149. The number of aryl methyl sites for hydroxylation is 1. The zero-order valence-corrected chi connectivity index (χ0v) is 15.4. The van der Waals surface area contributed by atoms with Crippen molar-refractivity contribution in [1.29, 1.82) is 0 Å². The number of hydrogen-bond donors (Lipinski definition) is 1. The number of carbonyl (C=O) groups excluding carboxylic acids is 1. The minimum Gasteiger partial charge on any atom is -0.481 e. The Morgan fingerprint density at radius 2 is 2.07 bits per heavy atom. The topological polar surface area (TPSA) is 95.2 Å². The number of carboxylic acid groups (broad SMARTS) is 1. The number of nitrogens with zero attached hydrogens (tertiary/aromatic N) is 4. The van der Waals surface area contributed by atoms with Gasteiger partial charge >= 0.3 is 5.97 Å². The van der Waals surface area contributed by atoms with Crippen LogP contribution in [-0.4, -0.2) is 62.3 Å². The molecule has 2 aliphatic heterocycles. The van der Waals surface area contributed by atoms with Crippen molar-refractivity contribution in [1.82, 2.24) is 19.2 Å². The van der Waals surface area contributed by atoms with E-state index in [9.17, 15) is 19.5 Å². The molecule has 8 heteroatoms. The maximum absolute atomic E-state index is 12.4. The minimum atomic E-state index is -0.936. The standard InChI is InChI=1S/C19H22N4O4/c1-12-3-4-16-20-15(5-17(25)23(16)6-12)9-21-7-14-8-22(13(2)24)11-19(14,10-21)18(26)27/h3-6,14H,7-11H2,1-2H3,(H,26,27)/t14-,19-/m1/s1. The van der Waals surface area contributed by atoms with Crippen LogP contribution in [-0.2, 0) is 16.1 Å². The Morgan fingerprint density at radius 3 is 2.74 bits per heavy atom. The van der Waals surface area contributed by atoms with Crippen LogP contribution in [0.15, 0.2) is 29.2 Å². The van der Waals surface area contributed by atoms with Crippen LogP contribution in [0.3, 0.4) is 0 Å². The molecular formula is C19H22N4O4. The zero-order chi connectivity index (χ0) is 19.3. The van der Waals surface area contributed by atoms with Crippen molar-refractivity contribution in [3.05, 3.63) is 46.0 Å². The van der Waals surface area contributed by atoms with E-state index in [2.05, 4.69) is 4.98 Å². The Balaban J connectivity index is 1.58. The summed E-state index contributed by atoms with van der Waals surface area (Å²) in [6.07, 6.45) is 1.75. The quantitative estimate of drug-likeness (QED) is 0.839. The summed E-state index contributed by atoms with van der Waals surface area (Å²) in [4.78, 5) is 44.3. The molecule has 0 saturated carbocycles. The number of hydrogen-bond acceptors (Lipinski definition) is 5. The number of aromatic nitrogens is 2. The van der Waals surface area contributed by atoms with Gasteiger partial charge in [-0.2, -0.15) is 0 Å². The predicted molar refractivity (Wildman–Crippen MR) is 97.3 cm³/mol. The number of likely N-dealkylation sites (tertiary alicyclic amines) is 2. The molecule has 0 spiro atoms. The summed E-state index contributed by atoms with van der Waals surface area (Å²) in [7, 11) is 0. The summed E-state index contributed by atoms with van der Waals surface area (Å²) >= 11 is 0. The van der Waals surface area contributed by atoms with Crippen LogP contribution in [0.1, 0.15) is 18.2 Å². The van der Waals surface area contributed by atoms with Crippen molar-refractivity contribution in [2.45, 2.75) is 20.4 Å². The van der Waals surface area contributed by atoms with E-state index >= 15 is 0 Å². The van der Waals surface area contributed by atoms with E-state index in [0.717, 1.165) is 5.56 Å². The van der Waals surface area contributed by atoms with Gasteiger partial charge in [0.15, 0.2) is 0 Å². The molecule has 0 bridgehead atoms. The van der Waals surface area contributed by atoms with Gasteiger partial charge in [-0.3, -0.25) is 23.7 Å². The summed E-state index contributed by atoms with van der Waals surface area (Å²) in [5, 5.41) is 9.84. The first-order valence-electron chi connectivity index (χ1n) is 8.99. The van der Waals surface area contributed by atoms with Gasteiger partial charge in [0.2, 0.25) is 5.91 Å². The van der Waals surface area contributed by atoms with Crippen LogP contribution in [0.25, 0.3) is 5.65 Å². The highest BCUT2D eigenvalue weighted by molar-refractivity contribution is 5.80. The zero-order valence-electron chi connectivity index (χ0n) is 15.4. The van der Waals surface area contributed by atoms with Gasteiger partial charge in [0.05, 0.1) is 5.69 Å². The van der Waals surface area contributed by atoms with Gasteiger partial charge < -0.3 is 10.0 Å². The van der Waals surface area contributed by atoms with E-state index in [1.807, 2.05) is 24.0 Å². The number of aliphatic carboxylic acids is 1. The Kier molecular flexibility index (Phi) is 4.03. The van der Waals surface area contributed by atoms with Crippen molar-refractivity contribution in [3.63, 3.8) is 0 Å². The molecule has 2 aromatic rings. The van der Waals surface area contributed by atoms with E-state index in [1.165, 1.54) is 17.4 Å². The number of amides is 1. The summed E-state index contributed by atoms with van der Waals surface area (Å²) in [5.41, 5.74) is 1.11. The highest BCUT2D eigenvalue weighted by atomic mass is 16.4. The lowest BCUT2D eigenvalue weighted by Gasteiger charge is -2.24. The Bertz CT molecular complexity index is 1000. The van der Waals surface area contributed by atoms with Gasteiger partial charge in [0.1, 0.15) is 11.1 Å². The Morgan fingerprint density at radius 1 is 1.30 bits per heavy atom. The van der Waals surface area contributed by atoms with Crippen LogP contribution in [0, 0.1) is 18.3 Å². The molecule has 2 atom stereocenters. The van der Waals surface area contributed by atoms with Gasteiger partial charge in [-0.25, -0.2) is 4.98 Å². The fourth-order valence-corrected chi connectivity index (χ4v) is 4.40. The summed E-state index contributed by atoms with van der Waals surface area (Å²) in [5.74, 6) is -1.06. The van der Waals surface area contributed by atoms with E-state index in [-0.39, 0.29) is 23.9 Å². The molecule has 1 N–H and O–H groups in total. The maximum Gasteiger partial charge on any atom is 0.313 e. The van der Waals surface area contributed by atoms with Gasteiger partial charge in [0.25, 0.3) is 5.56 Å². The first kappa shape index (κ1) is 17.7. The number of fused-ring (bicyclic) bond motifs is 2. The average molecular weight is 370 g/mol. The number of carbonyl (C=O) groups is 2. The van der Waals surface area contributed by atoms with Crippen LogP contribution in [0.5, 0.6) is 0 Å². The minimum absolute atomic E-state index is 0.0870. The van der Waals surface area contributed by atoms with Crippen LogP contribution in [0.2, 0.25) is 0 Å². The fourth-order valence-electron chi connectivity index (χ4n) is 4.40. The van der Waals surface area contributed by atoms with Crippen molar-refractivity contribution >= 4 is 17.5 Å². The molecular weight excluding hydrogens is 348 g/mol. The van der Waals surface area contributed by atoms with Gasteiger partial charge in [0, 0.05) is 57.8 Å². The van der Waals surface area contributed by atoms with Crippen molar-refractivity contribution in [3.8, 4) is 0 Å². The molecule has 27 heavy (non-hydrogen) atoms. The van der Waals surface area contributed by atoms with Gasteiger partial charge in [-0.05, 0) is 18.6 Å². The van der Waals surface area contributed by atoms with Crippen LogP contribution >= 0.6 is 0 Å².